The van der Waals surface area contributed by atoms with E-state index in [4.69, 9.17) is 4.74 Å². The summed E-state index contributed by atoms with van der Waals surface area (Å²) in [6, 6.07) is 14.6. The molecule has 1 unspecified atom stereocenters. The van der Waals surface area contributed by atoms with E-state index in [1.54, 1.807) is 11.4 Å². The van der Waals surface area contributed by atoms with Gasteiger partial charge in [0.1, 0.15) is 11.6 Å². The molecule has 1 aromatic heterocycles. The molecule has 0 saturated carbocycles. The molecule has 1 aliphatic heterocycles. The Kier molecular flexibility index (Phi) is 6.40. The number of rotatable bonds is 6. The Morgan fingerprint density at radius 2 is 2.13 bits per heavy atom. The Hall–Kier alpha value is -2.77. The molecule has 156 valence electrons. The lowest BCUT2D eigenvalue weighted by molar-refractivity contribution is -0.121. The van der Waals surface area contributed by atoms with Gasteiger partial charge in [-0.25, -0.2) is 9.37 Å². The van der Waals surface area contributed by atoms with E-state index in [9.17, 15) is 9.18 Å². The lowest BCUT2D eigenvalue weighted by Gasteiger charge is -2.31. The quantitative estimate of drug-likeness (QED) is 0.616. The van der Waals surface area contributed by atoms with Crippen molar-refractivity contribution in [1.29, 1.82) is 0 Å². The number of hydrogen-bond donors (Lipinski definition) is 1. The molecule has 1 atom stereocenters. The Morgan fingerprint density at radius 3 is 2.93 bits per heavy atom. The van der Waals surface area contributed by atoms with Crippen LogP contribution in [0.5, 0.6) is 5.75 Å². The van der Waals surface area contributed by atoms with Gasteiger partial charge in [0.15, 0.2) is 5.13 Å². The predicted octanol–water partition coefficient (Wildman–Crippen LogP) is 4.81. The van der Waals surface area contributed by atoms with Crippen LogP contribution in [0.3, 0.4) is 0 Å². The van der Waals surface area contributed by atoms with Gasteiger partial charge in [0.05, 0.1) is 18.7 Å². The Bertz CT molecular complexity index is 1010. The molecule has 2 heterocycles. The number of ether oxygens (including phenoxy) is 1. The second-order valence-corrected chi connectivity index (χ2v) is 8.29. The monoisotopic (exact) mass is 425 g/mol. The number of methoxy groups -OCH3 is 1. The maximum absolute atomic E-state index is 13.7. The fourth-order valence-corrected chi connectivity index (χ4v) is 4.51. The van der Waals surface area contributed by atoms with Crippen LogP contribution >= 0.6 is 11.3 Å². The van der Waals surface area contributed by atoms with Crippen molar-refractivity contribution in [3.8, 4) is 17.0 Å². The molecule has 7 heteroatoms. The van der Waals surface area contributed by atoms with Gasteiger partial charge in [-0.3, -0.25) is 9.69 Å². The molecule has 1 fully saturated rings. The van der Waals surface area contributed by atoms with E-state index in [-0.39, 0.29) is 17.6 Å². The first-order valence-electron chi connectivity index (χ1n) is 9.99. The van der Waals surface area contributed by atoms with Crippen molar-refractivity contribution in [1.82, 2.24) is 9.88 Å². The molecule has 0 spiro atoms. The first kappa shape index (κ1) is 20.5. The minimum atomic E-state index is -0.356. The average Bonchev–Trinajstić information content (AvgIpc) is 3.23. The Balaban J connectivity index is 1.40. The molecule has 0 aliphatic carbocycles. The molecule has 0 bridgehead atoms. The van der Waals surface area contributed by atoms with Gasteiger partial charge in [0.2, 0.25) is 5.91 Å². The van der Waals surface area contributed by atoms with Crippen LogP contribution in [0.4, 0.5) is 9.52 Å². The molecule has 0 radical (unpaired) electrons. The summed E-state index contributed by atoms with van der Waals surface area (Å²) < 4.78 is 19.0. The number of carbonyl (C=O) groups excluding carboxylic acids is 1. The normalized spacial score (nSPS) is 16.9. The summed E-state index contributed by atoms with van der Waals surface area (Å²) in [6.07, 6.45) is 1.86. The minimum Gasteiger partial charge on any atom is -0.496 e. The van der Waals surface area contributed by atoms with Crippen molar-refractivity contribution in [2.24, 2.45) is 5.92 Å². The molecule has 30 heavy (non-hydrogen) atoms. The molecule has 4 rings (SSSR count). The number of amides is 1. The Labute approximate surface area is 179 Å². The van der Waals surface area contributed by atoms with Crippen LogP contribution in [-0.4, -0.2) is 36.0 Å². The van der Waals surface area contributed by atoms with Crippen molar-refractivity contribution in [3.63, 3.8) is 0 Å². The van der Waals surface area contributed by atoms with Crippen LogP contribution in [0.1, 0.15) is 18.4 Å². The molecule has 1 saturated heterocycles. The largest absolute Gasteiger partial charge is 0.496 e. The maximum Gasteiger partial charge on any atom is 0.230 e. The molecule has 2 aromatic carbocycles. The summed E-state index contributed by atoms with van der Waals surface area (Å²) in [7, 11) is 1.54. The van der Waals surface area contributed by atoms with Gasteiger partial charge >= 0.3 is 0 Å². The highest BCUT2D eigenvalue weighted by Crippen LogP contribution is 2.33. The fraction of sp³-hybridized carbons (Fsp3) is 0.304. The van der Waals surface area contributed by atoms with Gasteiger partial charge in [0.25, 0.3) is 0 Å². The SMILES string of the molecule is COc1ccc(F)cc1-c1csc(NC(=O)C2CCCN(Cc3ccccc3)C2)n1. The van der Waals surface area contributed by atoms with Crippen molar-refractivity contribution >= 4 is 22.4 Å². The lowest BCUT2D eigenvalue weighted by atomic mass is 9.97. The Morgan fingerprint density at radius 1 is 1.30 bits per heavy atom. The van der Waals surface area contributed by atoms with E-state index in [0.717, 1.165) is 32.5 Å². The third-order valence-corrected chi connectivity index (χ3v) is 6.05. The molecule has 3 aromatic rings. The molecular weight excluding hydrogens is 401 g/mol. The number of thiazole rings is 1. The van der Waals surface area contributed by atoms with E-state index in [0.29, 0.717) is 22.1 Å². The molecule has 1 amide bonds. The maximum atomic E-state index is 13.7. The third kappa shape index (κ3) is 4.86. The standard InChI is InChI=1S/C23H24FN3O2S/c1-29-21-10-9-18(24)12-19(21)20-15-30-23(25-20)26-22(28)17-8-5-11-27(14-17)13-16-6-3-2-4-7-16/h2-4,6-7,9-10,12,15,17H,5,8,11,13-14H2,1H3,(H,25,26,28). The first-order chi connectivity index (χ1) is 14.6. The van der Waals surface area contributed by atoms with Crippen LogP contribution in [-0.2, 0) is 11.3 Å². The highest BCUT2D eigenvalue weighted by atomic mass is 32.1. The fourth-order valence-electron chi connectivity index (χ4n) is 3.80. The van der Waals surface area contributed by atoms with Crippen LogP contribution in [0.2, 0.25) is 0 Å². The molecule has 1 aliphatic rings. The molecular formula is C23H24FN3O2S. The summed E-state index contributed by atoms with van der Waals surface area (Å²) in [5.41, 5.74) is 2.41. The highest BCUT2D eigenvalue weighted by Gasteiger charge is 2.26. The van der Waals surface area contributed by atoms with E-state index >= 15 is 0 Å². The van der Waals surface area contributed by atoms with Crippen LogP contribution in [0.25, 0.3) is 11.3 Å². The molecule has 1 N–H and O–H groups in total. The number of aromatic nitrogens is 1. The summed E-state index contributed by atoms with van der Waals surface area (Å²) in [5.74, 6) is 0.104. The summed E-state index contributed by atoms with van der Waals surface area (Å²) in [6.45, 7) is 2.58. The van der Waals surface area contributed by atoms with E-state index in [1.807, 2.05) is 18.2 Å². The summed E-state index contributed by atoms with van der Waals surface area (Å²) in [5, 5.41) is 5.26. The van der Waals surface area contributed by atoms with Crippen LogP contribution < -0.4 is 10.1 Å². The van der Waals surface area contributed by atoms with E-state index in [2.05, 4.69) is 27.3 Å². The summed E-state index contributed by atoms with van der Waals surface area (Å²) >= 11 is 1.33. The van der Waals surface area contributed by atoms with Gasteiger partial charge in [-0.15, -0.1) is 11.3 Å². The highest BCUT2D eigenvalue weighted by molar-refractivity contribution is 7.14. The van der Waals surface area contributed by atoms with Crippen molar-refractivity contribution in [2.45, 2.75) is 19.4 Å². The lowest BCUT2D eigenvalue weighted by Crippen LogP contribution is -2.40. The van der Waals surface area contributed by atoms with Crippen molar-refractivity contribution in [3.05, 3.63) is 65.3 Å². The topological polar surface area (TPSA) is 54.5 Å². The number of piperidine rings is 1. The number of nitrogens with zero attached hydrogens (tertiary/aromatic N) is 2. The van der Waals surface area contributed by atoms with Crippen LogP contribution in [0.15, 0.2) is 53.9 Å². The minimum absolute atomic E-state index is 0.0140. The molecule has 5 nitrogen and oxygen atoms in total. The van der Waals surface area contributed by atoms with Crippen molar-refractivity contribution in [2.75, 3.05) is 25.5 Å². The van der Waals surface area contributed by atoms with E-state index in [1.165, 1.54) is 36.1 Å². The van der Waals surface area contributed by atoms with Crippen molar-refractivity contribution < 1.29 is 13.9 Å². The number of halogens is 1. The number of nitrogens with one attached hydrogen (secondary N) is 1. The second kappa shape index (κ2) is 9.36. The average molecular weight is 426 g/mol. The van der Waals surface area contributed by atoms with E-state index < -0.39 is 0 Å². The smallest absolute Gasteiger partial charge is 0.230 e. The number of benzene rings is 2. The predicted molar refractivity (Wildman–Crippen MR) is 117 cm³/mol. The zero-order valence-electron chi connectivity index (χ0n) is 16.8. The van der Waals surface area contributed by atoms with Gasteiger partial charge in [0, 0.05) is 24.0 Å². The second-order valence-electron chi connectivity index (χ2n) is 7.43. The zero-order valence-corrected chi connectivity index (χ0v) is 17.6. The van der Waals surface area contributed by atoms with Crippen LogP contribution in [0, 0.1) is 11.7 Å². The zero-order chi connectivity index (χ0) is 20.9. The van der Waals surface area contributed by atoms with Gasteiger partial charge in [-0.2, -0.15) is 0 Å². The van der Waals surface area contributed by atoms with Gasteiger partial charge < -0.3 is 10.1 Å². The third-order valence-electron chi connectivity index (χ3n) is 5.30. The van der Waals surface area contributed by atoms with Gasteiger partial charge in [-0.05, 0) is 43.1 Å². The first-order valence-corrected chi connectivity index (χ1v) is 10.9. The number of carbonyl (C=O) groups is 1. The summed E-state index contributed by atoms with van der Waals surface area (Å²) in [4.78, 5) is 19.6. The number of anilines is 1. The number of hydrogen-bond acceptors (Lipinski definition) is 5. The van der Waals surface area contributed by atoms with Gasteiger partial charge in [-0.1, -0.05) is 30.3 Å². The number of likely N-dealkylation sites (tertiary alicyclic amines) is 1.